The summed E-state index contributed by atoms with van der Waals surface area (Å²) in [5.74, 6) is 0.351. The molecule has 0 spiro atoms. The third kappa shape index (κ3) is 2.67. The SMILES string of the molecule is Cc1ccc(=O)n(CC(N)C(C)C)n1. The normalized spacial score (nSPS) is 13.2. The van der Waals surface area contributed by atoms with Crippen LogP contribution in [-0.2, 0) is 6.54 Å². The minimum absolute atomic E-state index is 0.0259. The molecule has 0 fully saturated rings. The monoisotopic (exact) mass is 195 g/mol. The number of aromatic nitrogens is 2. The van der Waals surface area contributed by atoms with E-state index in [-0.39, 0.29) is 11.6 Å². The lowest BCUT2D eigenvalue weighted by Gasteiger charge is -2.15. The van der Waals surface area contributed by atoms with Crippen molar-refractivity contribution in [3.05, 3.63) is 28.2 Å². The van der Waals surface area contributed by atoms with Gasteiger partial charge in [0.1, 0.15) is 0 Å². The van der Waals surface area contributed by atoms with Gasteiger partial charge in [0.15, 0.2) is 0 Å². The van der Waals surface area contributed by atoms with Crippen LogP contribution in [0.4, 0.5) is 0 Å². The zero-order valence-electron chi connectivity index (χ0n) is 8.90. The van der Waals surface area contributed by atoms with Crippen LogP contribution in [0.2, 0.25) is 0 Å². The summed E-state index contributed by atoms with van der Waals surface area (Å²) in [4.78, 5) is 11.4. The van der Waals surface area contributed by atoms with E-state index in [0.29, 0.717) is 12.5 Å². The molecular formula is C10H17N3O. The Hall–Kier alpha value is -1.16. The van der Waals surface area contributed by atoms with Crippen LogP contribution in [0.15, 0.2) is 16.9 Å². The number of nitrogens with zero attached hydrogens (tertiary/aromatic N) is 2. The minimum atomic E-state index is -0.0910. The lowest BCUT2D eigenvalue weighted by Crippen LogP contribution is -2.36. The van der Waals surface area contributed by atoms with Crippen LogP contribution in [0, 0.1) is 12.8 Å². The zero-order valence-corrected chi connectivity index (χ0v) is 8.90. The van der Waals surface area contributed by atoms with Crippen molar-refractivity contribution >= 4 is 0 Å². The number of nitrogens with two attached hydrogens (primary N) is 1. The van der Waals surface area contributed by atoms with E-state index in [1.165, 1.54) is 10.7 Å². The highest BCUT2D eigenvalue weighted by atomic mass is 16.1. The van der Waals surface area contributed by atoms with Gasteiger partial charge in [-0.3, -0.25) is 4.79 Å². The fourth-order valence-electron chi connectivity index (χ4n) is 1.09. The molecule has 1 aromatic heterocycles. The number of rotatable bonds is 3. The molecule has 0 aromatic carbocycles. The first-order chi connectivity index (χ1) is 6.50. The van der Waals surface area contributed by atoms with Crippen molar-refractivity contribution in [2.24, 2.45) is 11.7 Å². The average Bonchev–Trinajstić information content (AvgIpc) is 2.11. The van der Waals surface area contributed by atoms with Crippen LogP contribution in [-0.4, -0.2) is 15.8 Å². The summed E-state index contributed by atoms with van der Waals surface area (Å²) in [6, 6.07) is 3.21. The largest absolute Gasteiger partial charge is 0.326 e. The van der Waals surface area contributed by atoms with E-state index < -0.39 is 0 Å². The lowest BCUT2D eigenvalue weighted by atomic mass is 10.1. The molecule has 1 rings (SSSR count). The Kier molecular flexibility index (Phi) is 3.41. The third-order valence-corrected chi connectivity index (χ3v) is 2.24. The van der Waals surface area contributed by atoms with Crippen molar-refractivity contribution in [2.75, 3.05) is 0 Å². The van der Waals surface area contributed by atoms with Gasteiger partial charge in [-0.2, -0.15) is 5.10 Å². The molecule has 14 heavy (non-hydrogen) atoms. The molecule has 0 aliphatic heterocycles. The van der Waals surface area contributed by atoms with Crippen molar-refractivity contribution in [3.63, 3.8) is 0 Å². The van der Waals surface area contributed by atoms with Crippen LogP contribution >= 0.6 is 0 Å². The van der Waals surface area contributed by atoms with Crippen LogP contribution in [0.25, 0.3) is 0 Å². The molecule has 2 N–H and O–H groups in total. The highest BCUT2D eigenvalue weighted by Crippen LogP contribution is 1.99. The summed E-state index contributed by atoms with van der Waals surface area (Å²) < 4.78 is 1.43. The summed E-state index contributed by atoms with van der Waals surface area (Å²) in [5.41, 5.74) is 6.61. The van der Waals surface area contributed by atoms with Gasteiger partial charge in [0, 0.05) is 12.1 Å². The molecule has 1 unspecified atom stereocenters. The first-order valence-corrected chi connectivity index (χ1v) is 4.81. The molecule has 4 heteroatoms. The van der Waals surface area contributed by atoms with Gasteiger partial charge >= 0.3 is 0 Å². The second-order valence-corrected chi connectivity index (χ2v) is 3.90. The van der Waals surface area contributed by atoms with E-state index >= 15 is 0 Å². The topological polar surface area (TPSA) is 60.9 Å². The molecule has 1 heterocycles. The highest BCUT2D eigenvalue weighted by molar-refractivity contribution is 4.97. The Balaban J connectivity index is 2.86. The number of hydrogen-bond donors (Lipinski definition) is 1. The maximum Gasteiger partial charge on any atom is 0.266 e. The van der Waals surface area contributed by atoms with Gasteiger partial charge in [0.25, 0.3) is 5.56 Å². The molecule has 78 valence electrons. The van der Waals surface area contributed by atoms with E-state index in [9.17, 15) is 4.79 Å². The molecule has 0 radical (unpaired) electrons. The van der Waals surface area contributed by atoms with E-state index in [1.807, 2.05) is 20.8 Å². The van der Waals surface area contributed by atoms with Crippen LogP contribution in [0.5, 0.6) is 0 Å². The fourth-order valence-corrected chi connectivity index (χ4v) is 1.09. The van der Waals surface area contributed by atoms with E-state index in [2.05, 4.69) is 5.10 Å². The smallest absolute Gasteiger partial charge is 0.266 e. The molecule has 0 bridgehead atoms. The van der Waals surface area contributed by atoms with Crippen molar-refractivity contribution in [3.8, 4) is 0 Å². The van der Waals surface area contributed by atoms with Gasteiger partial charge in [-0.05, 0) is 18.9 Å². The molecule has 0 saturated heterocycles. The molecule has 4 nitrogen and oxygen atoms in total. The molecule has 1 aromatic rings. The van der Waals surface area contributed by atoms with E-state index in [4.69, 9.17) is 5.73 Å². The van der Waals surface area contributed by atoms with Gasteiger partial charge < -0.3 is 5.73 Å². The van der Waals surface area contributed by atoms with Gasteiger partial charge in [0.05, 0.1) is 12.2 Å². The molecule has 0 aliphatic carbocycles. The Bertz CT molecular complexity index is 357. The zero-order chi connectivity index (χ0) is 10.7. The maximum atomic E-state index is 11.4. The average molecular weight is 195 g/mol. The lowest BCUT2D eigenvalue weighted by molar-refractivity contribution is 0.401. The predicted octanol–water partition coefficient (Wildman–Crippen LogP) is 0.535. The summed E-state index contributed by atoms with van der Waals surface area (Å²) in [6.45, 7) is 6.41. The quantitative estimate of drug-likeness (QED) is 0.765. The van der Waals surface area contributed by atoms with Crippen LogP contribution < -0.4 is 11.3 Å². The summed E-state index contributed by atoms with van der Waals surface area (Å²) in [5, 5.41) is 4.12. The van der Waals surface area contributed by atoms with Crippen molar-refractivity contribution in [1.82, 2.24) is 9.78 Å². The van der Waals surface area contributed by atoms with Crippen molar-refractivity contribution in [1.29, 1.82) is 0 Å². The molecule has 0 aliphatic rings. The van der Waals surface area contributed by atoms with Gasteiger partial charge in [0.2, 0.25) is 0 Å². The predicted molar refractivity (Wildman–Crippen MR) is 56.0 cm³/mol. The summed E-state index contributed by atoms with van der Waals surface area (Å²) in [6.07, 6.45) is 0. The minimum Gasteiger partial charge on any atom is -0.326 e. The Morgan fingerprint density at radius 1 is 1.50 bits per heavy atom. The standard InChI is InChI=1S/C10H17N3O/c1-7(2)9(11)6-13-10(14)5-4-8(3)12-13/h4-5,7,9H,6,11H2,1-3H3. The second kappa shape index (κ2) is 4.37. The van der Waals surface area contributed by atoms with Gasteiger partial charge in [-0.25, -0.2) is 4.68 Å². The highest BCUT2D eigenvalue weighted by Gasteiger charge is 2.09. The fraction of sp³-hybridized carbons (Fsp3) is 0.600. The Labute approximate surface area is 83.7 Å². The molecule has 0 amide bonds. The van der Waals surface area contributed by atoms with Gasteiger partial charge in [-0.1, -0.05) is 13.8 Å². The third-order valence-electron chi connectivity index (χ3n) is 2.24. The number of aryl methyl sites for hydroxylation is 1. The number of hydrogen-bond acceptors (Lipinski definition) is 3. The summed E-state index contributed by atoms with van der Waals surface area (Å²) in [7, 11) is 0. The van der Waals surface area contributed by atoms with Crippen molar-refractivity contribution in [2.45, 2.75) is 33.4 Å². The first kappa shape index (κ1) is 10.9. The van der Waals surface area contributed by atoms with E-state index in [1.54, 1.807) is 6.07 Å². The maximum absolute atomic E-state index is 11.4. The van der Waals surface area contributed by atoms with E-state index in [0.717, 1.165) is 5.69 Å². The first-order valence-electron chi connectivity index (χ1n) is 4.81. The van der Waals surface area contributed by atoms with Crippen molar-refractivity contribution < 1.29 is 0 Å². The van der Waals surface area contributed by atoms with Crippen LogP contribution in [0.1, 0.15) is 19.5 Å². The Morgan fingerprint density at radius 2 is 2.14 bits per heavy atom. The van der Waals surface area contributed by atoms with Crippen LogP contribution in [0.3, 0.4) is 0 Å². The Morgan fingerprint density at radius 3 is 2.71 bits per heavy atom. The molecule has 0 saturated carbocycles. The summed E-state index contributed by atoms with van der Waals surface area (Å²) >= 11 is 0. The second-order valence-electron chi connectivity index (χ2n) is 3.90. The molecule has 1 atom stereocenters. The van der Waals surface area contributed by atoms with Gasteiger partial charge in [-0.15, -0.1) is 0 Å². The molecular weight excluding hydrogens is 178 g/mol.